The lowest BCUT2D eigenvalue weighted by Crippen LogP contribution is -2.17. The lowest BCUT2D eigenvalue weighted by atomic mass is 10.1. The highest BCUT2D eigenvalue weighted by atomic mass is 35.5. The van der Waals surface area contributed by atoms with E-state index in [4.69, 9.17) is 16.0 Å². The number of para-hydroxylation sites is 1. The molecule has 0 aliphatic heterocycles. The van der Waals surface area contributed by atoms with E-state index in [1.165, 1.54) is 6.07 Å². The van der Waals surface area contributed by atoms with Crippen molar-refractivity contribution in [1.82, 2.24) is 10.3 Å². The Morgan fingerprint density at radius 1 is 1.35 bits per heavy atom. The van der Waals surface area contributed by atoms with Gasteiger partial charge in [0.25, 0.3) is 0 Å². The van der Waals surface area contributed by atoms with Gasteiger partial charge in [-0.3, -0.25) is 4.98 Å². The van der Waals surface area contributed by atoms with Crippen LogP contribution in [0.25, 0.3) is 11.0 Å². The molecule has 0 radical (unpaired) electrons. The van der Waals surface area contributed by atoms with Crippen LogP contribution in [0.4, 0.5) is 4.39 Å². The van der Waals surface area contributed by atoms with Crippen LogP contribution in [0.1, 0.15) is 17.4 Å². The molecule has 0 aliphatic carbocycles. The molecule has 20 heavy (non-hydrogen) atoms. The van der Waals surface area contributed by atoms with E-state index in [9.17, 15) is 4.39 Å². The minimum atomic E-state index is -0.371. The van der Waals surface area contributed by atoms with Crippen molar-refractivity contribution in [2.75, 3.05) is 7.05 Å². The van der Waals surface area contributed by atoms with Crippen LogP contribution in [-0.2, 0) is 0 Å². The molecule has 1 unspecified atom stereocenters. The van der Waals surface area contributed by atoms with E-state index in [2.05, 4.69) is 10.3 Å². The molecule has 2 heterocycles. The highest BCUT2D eigenvalue weighted by molar-refractivity contribution is 6.31. The van der Waals surface area contributed by atoms with Gasteiger partial charge in [0.1, 0.15) is 5.76 Å². The molecule has 2 aromatic heterocycles. The first-order chi connectivity index (χ1) is 9.70. The normalized spacial score (nSPS) is 12.8. The van der Waals surface area contributed by atoms with Crippen LogP contribution < -0.4 is 5.32 Å². The largest absolute Gasteiger partial charge is 0.456 e. The summed E-state index contributed by atoms with van der Waals surface area (Å²) in [5, 5.41) is 4.39. The molecular formula is C15H12ClFN2O. The molecule has 0 bridgehead atoms. The number of benzene rings is 1. The number of nitrogens with one attached hydrogen (secondary N) is 1. The number of hydrogen-bond acceptors (Lipinski definition) is 3. The van der Waals surface area contributed by atoms with E-state index < -0.39 is 0 Å². The van der Waals surface area contributed by atoms with Crippen LogP contribution in [0.3, 0.4) is 0 Å². The number of rotatable bonds is 3. The first-order valence-corrected chi connectivity index (χ1v) is 6.53. The first kappa shape index (κ1) is 13.1. The summed E-state index contributed by atoms with van der Waals surface area (Å²) in [6, 6.07) is 8.22. The molecule has 0 saturated carbocycles. The molecule has 0 spiro atoms. The molecule has 1 N–H and O–H groups in total. The van der Waals surface area contributed by atoms with Gasteiger partial charge in [-0.2, -0.15) is 0 Å². The molecule has 0 fully saturated rings. The maximum atomic E-state index is 13.7. The second kappa shape index (κ2) is 5.23. The quantitative estimate of drug-likeness (QED) is 0.794. The zero-order chi connectivity index (χ0) is 14.1. The highest BCUT2D eigenvalue weighted by Gasteiger charge is 2.20. The van der Waals surface area contributed by atoms with Gasteiger partial charge in [0.15, 0.2) is 11.4 Å². The molecule has 1 atom stereocenters. The molecule has 102 valence electrons. The Morgan fingerprint density at radius 2 is 2.20 bits per heavy atom. The van der Waals surface area contributed by atoms with E-state index in [0.717, 1.165) is 10.9 Å². The lowest BCUT2D eigenvalue weighted by molar-refractivity contribution is 0.476. The van der Waals surface area contributed by atoms with Crippen LogP contribution >= 0.6 is 11.6 Å². The summed E-state index contributed by atoms with van der Waals surface area (Å²) in [6.07, 6.45) is 3.24. The van der Waals surface area contributed by atoms with Crippen molar-refractivity contribution in [3.8, 4) is 0 Å². The van der Waals surface area contributed by atoms with Crippen molar-refractivity contribution in [1.29, 1.82) is 0 Å². The summed E-state index contributed by atoms with van der Waals surface area (Å²) >= 11 is 6.16. The molecule has 3 aromatic rings. The van der Waals surface area contributed by atoms with Gasteiger partial charge in [-0.05, 0) is 30.8 Å². The fraction of sp³-hybridized carbons (Fsp3) is 0.133. The van der Waals surface area contributed by atoms with Gasteiger partial charge in [-0.25, -0.2) is 4.39 Å². The zero-order valence-electron chi connectivity index (χ0n) is 10.7. The molecule has 0 saturated heterocycles. The van der Waals surface area contributed by atoms with Gasteiger partial charge in [0.2, 0.25) is 0 Å². The second-order valence-electron chi connectivity index (χ2n) is 4.43. The van der Waals surface area contributed by atoms with Gasteiger partial charge >= 0.3 is 0 Å². The fourth-order valence-corrected chi connectivity index (χ4v) is 2.49. The molecular weight excluding hydrogens is 279 g/mol. The molecule has 5 heteroatoms. The molecule has 0 amide bonds. The third kappa shape index (κ3) is 2.17. The summed E-state index contributed by atoms with van der Waals surface area (Å²) in [5.41, 5.74) is 1.09. The van der Waals surface area contributed by atoms with Crippen LogP contribution in [0.2, 0.25) is 5.02 Å². The average molecular weight is 291 g/mol. The number of hydrogen-bond donors (Lipinski definition) is 1. The van der Waals surface area contributed by atoms with Gasteiger partial charge in [-0.15, -0.1) is 0 Å². The van der Waals surface area contributed by atoms with Crippen molar-refractivity contribution < 1.29 is 8.81 Å². The van der Waals surface area contributed by atoms with Crippen LogP contribution in [0.5, 0.6) is 0 Å². The standard InChI is InChI=1S/C15H12ClFN2O/c1-18-14(10-5-6-19-8-11(10)16)13-7-9-3-2-4-12(17)15(9)20-13/h2-8,14,18H,1H3. The van der Waals surface area contributed by atoms with E-state index in [1.807, 2.05) is 18.2 Å². The van der Waals surface area contributed by atoms with E-state index in [1.54, 1.807) is 25.5 Å². The smallest absolute Gasteiger partial charge is 0.169 e. The lowest BCUT2D eigenvalue weighted by Gasteiger charge is -2.14. The Kier molecular flexibility index (Phi) is 3.42. The average Bonchev–Trinajstić information content (AvgIpc) is 2.87. The van der Waals surface area contributed by atoms with Crippen LogP contribution in [-0.4, -0.2) is 12.0 Å². The minimum Gasteiger partial charge on any atom is -0.456 e. The van der Waals surface area contributed by atoms with E-state index in [-0.39, 0.29) is 17.4 Å². The molecule has 1 aromatic carbocycles. The first-order valence-electron chi connectivity index (χ1n) is 6.15. The van der Waals surface area contributed by atoms with Crippen molar-refractivity contribution in [3.05, 3.63) is 64.9 Å². The maximum absolute atomic E-state index is 13.7. The number of halogens is 2. The number of pyridine rings is 1. The van der Waals surface area contributed by atoms with Crippen LogP contribution in [0.15, 0.2) is 47.1 Å². The molecule has 3 rings (SSSR count). The van der Waals surface area contributed by atoms with Gasteiger partial charge in [0.05, 0.1) is 11.1 Å². The summed E-state index contributed by atoms with van der Waals surface area (Å²) < 4.78 is 19.3. The monoisotopic (exact) mass is 290 g/mol. The van der Waals surface area contributed by atoms with Crippen molar-refractivity contribution in [2.24, 2.45) is 0 Å². The SMILES string of the molecule is CNC(c1cc2cccc(F)c2o1)c1ccncc1Cl. The molecule has 3 nitrogen and oxygen atoms in total. The summed E-state index contributed by atoms with van der Waals surface area (Å²) in [7, 11) is 1.80. The van der Waals surface area contributed by atoms with E-state index >= 15 is 0 Å². The van der Waals surface area contributed by atoms with Gasteiger partial charge in [-0.1, -0.05) is 23.7 Å². The predicted octanol–water partition coefficient (Wildman–Crippen LogP) is 3.93. The van der Waals surface area contributed by atoms with Crippen molar-refractivity contribution in [2.45, 2.75) is 6.04 Å². The Hall–Kier alpha value is -1.91. The Labute approximate surface area is 120 Å². The summed E-state index contributed by atoms with van der Waals surface area (Å²) in [4.78, 5) is 3.96. The number of aromatic nitrogens is 1. The Morgan fingerprint density at radius 3 is 2.90 bits per heavy atom. The van der Waals surface area contributed by atoms with Crippen LogP contribution in [0, 0.1) is 5.82 Å². The maximum Gasteiger partial charge on any atom is 0.169 e. The Balaban J connectivity index is 2.12. The number of fused-ring (bicyclic) bond motifs is 1. The second-order valence-corrected chi connectivity index (χ2v) is 4.83. The van der Waals surface area contributed by atoms with Gasteiger partial charge in [0, 0.05) is 17.8 Å². The van der Waals surface area contributed by atoms with E-state index in [0.29, 0.717) is 10.8 Å². The fourth-order valence-electron chi connectivity index (χ4n) is 2.26. The summed E-state index contributed by atoms with van der Waals surface area (Å²) in [5.74, 6) is 0.241. The predicted molar refractivity (Wildman–Crippen MR) is 76.3 cm³/mol. The number of furan rings is 1. The van der Waals surface area contributed by atoms with Gasteiger partial charge < -0.3 is 9.73 Å². The summed E-state index contributed by atoms with van der Waals surface area (Å²) in [6.45, 7) is 0. The van der Waals surface area contributed by atoms with Crippen molar-refractivity contribution >= 4 is 22.6 Å². The number of nitrogens with zero attached hydrogens (tertiary/aromatic N) is 1. The van der Waals surface area contributed by atoms with Crippen molar-refractivity contribution in [3.63, 3.8) is 0 Å². The zero-order valence-corrected chi connectivity index (χ0v) is 11.5. The molecule has 0 aliphatic rings. The third-order valence-electron chi connectivity index (χ3n) is 3.20. The minimum absolute atomic E-state index is 0.253. The highest BCUT2D eigenvalue weighted by Crippen LogP contribution is 2.32. The third-order valence-corrected chi connectivity index (χ3v) is 3.52. The Bertz CT molecular complexity index is 756. The topological polar surface area (TPSA) is 38.1 Å².